The first kappa shape index (κ1) is 16.0. The second-order valence-corrected chi connectivity index (χ2v) is 5.39. The van der Waals surface area contributed by atoms with E-state index >= 15 is 0 Å². The minimum Gasteiger partial charge on any atom is -0.493 e. The van der Waals surface area contributed by atoms with Crippen LogP contribution in [0, 0.1) is 0 Å². The van der Waals surface area contributed by atoms with Crippen molar-refractivity contribution in [2.75, 3.05) is 27.9 Å². The standard InChI is InChI=1S/C17H19N3O4/c1-22-14-6-11(7-15(23-2)16(14)24-3)17(21)20-5-4-13-12(9-20)8-18-10-19-13/h6-8,10H,4-5,9H2,1-3H3. The van der Waals surface area contributed by atoms with E-state index in [4.69, 9.17) is 14.2 Å². The molecule has 0 radical (unpaired) electrons. The number of ether oxygens (including phenoxy) is 3. The molecule has 1 amide bonds. The number of aromatic nitrogens is 2. The number of amides is 1. The number of fused-ring (bicyclic) bond motifs is 1. The highest BCUT2D eigenvalue weighted by Gasteiger charge is 2.25. The largest absolute Gasteiger partial charge is 0.493 e. The summed E-state index contributed by atoms with van der Waals surface area (Å²) in [6.45, 7) is 1.10. The Labute approximate surface area is 140 Å². The van der Waals surface area contributed by atoms with Gasteiger partial charge in [0.1, 0.15) is 6.33 Å². The summed E-state index contributed by atoms with van der Waals surface area (Å²) in [6, 6.07) is 3.33. The van der Waals surface area contributed by atoms with Gasteiger partial charge in [0.05, 0.1) is 27.0 Å². The zero-order valence-corrected chi connectivity index (χ0v) is 13.9. The van der Waals surface area contributed by atoms with E-state index in [2.05, 4.69) is 9.97 Å². The quantitative estimate of drug-likeness (QED) is 0.850. The van der Waals surface area contributed by atoms with E-state index in [0.29, 0.717) is 42.3 Å². The van der Waals surface area contributed by atoms with Gasteiger partial charge in [0.15, 0.2) is 11.5 Å². The van der Waals surface area contributed by atoms with Crippen LogP contribution in [0.5, 0.6) is 17.2 Å². The number of benzene rings is 1. The summed E-state index contributed by atoms with van der Waals surface area (Å²) in [7, 11) is 4.59. The van der Waals surface area contributed by atoms with Gasteiger partial charge in [-0.1, -0.05) is 0 Å². The Hall–Kier alpha value is -2.83. The van der Waals surface area contributed by atoms with Gasteiger partial charge in [-0.3, -0.25) is 4.79 Å². The number of hydrogen-bond acceptors (Lipinski definition) is 6. The molecule has 7 heteroatoms. The van der Waals surface area contributed by atoms with Crippen LogP contribution in [0.1, 0.15) is 21.6 Å². The van der Waals surface area contributed by atoms with E-state index in [1.807, 2.05) is 0 Å². The Morgan fingerprint density at radius 2 is 1.83 bits per heavy atom. The highest BCUT2D eigenvalue weighted by molar-refractivity contribution is 5.95. The summed E-state index contributed by atoms with van der Waals surface area (Å²) in [6.07, 6.45) is 4.01. The maximum Gasteiger partial charge on any atom is 0.254 e. The van der Waals surface area contributed by atoms with Crippen LogP contribution >= 0.6 is 0 Å². The van der Waals surface area contributed by atoms with Crippen molar-refractivity contribution in [3.63, 3.8) is 0 Å². The lowest BCUT2D eigenvalue weighted by atomic mass is 10.1. The second-order valence-electron chi connectivity index (χ2n) is 5.39. The smallest absolute Gasteiger partial charge is 0.254 e. The van der Waals surface area contributed by atoms with Crippen molar-refractivity contribution in [3.05, 3.63) is 41.5 Å². The third-order valence-corrected chi connectivity index (χ3v) is 4.06. The Bertz CT molecular complexity index is 738. The molecular weight excluding hydrogens is 310 g/mol. The molecule has 0 spiro atoms. The van der Waals surface area contributed by atoms with Crippen LogP contribution < -0.4 is 14.2 Å². The van der Waals surface area contributed by atoms with Gasteiger partial charge in [0, 0.05) is 36.8 Å². The van der Waals surface area contributed by atoms with Crippen LogP contribution in [-0.4, -0.2) is 48.6 Å². The summed E-state index contributed by atoms with van der Waals surface area (Å²) in [4.78, 5) is 22.9. The van der Waals surface area contributed by atoms with Crippen molar-refractivity contribution in [1.82, 2.24) is 14.9 Å². The van der Waals surface area contributed by atoms with Crippen LogP contribution in [0.3, 0.4) is 0 Å². The fraction of sp³-hybridized carbons (Fsp3) is 0.353. The molecule has 24 heavy (non-hydrogen) atoms. The molecule has 0 saturated heterocycles. The molecule has 0 saturated carbocycles. The molecule has 0 aliphatic carbocycles. The van der Waals surface area contributed by atoms with Gasteiger partial charge in [-0.25, -0.2) is 9.97 Å². The maximum atomic E-state index is 12.9. The highest BCUT2D eigenvalue weighted by Crippen LogP contribution is 2.38. The Kier molecular flexibility index (Phi) is 4.50. The molecule has 1 aromatic carbocycles. The molecule has 3 rings (SSSR count). The van der Waals surface area contributed by atoms with Crippen LogP contribution in [0.25, 0.3) is 0 Å². The number of hydrogen-bond donors (Lipinski definition) is 0. The molecule has 0 atom stereocenters. The van der Waals surface area contributed by atoms with Crippen molar-refractivity contribution in [3.8, 4) is 17.2 Å². The molecule has 2 aromatic rings. The zero-order chi connectivity index (χ0) is 17.1. The maximum absolute atomic E-state index is 12.9. The first-order valence-electron chi connectivity index (χ1n) is 7.55. The lowest BCUT2D eigenvalue weighted by Crippen LogP contribution is -2.36. The summed E-state index contributed by atoms with van der Waals surface area (Å²) >= 11 is 0. The van der Waals surface area contributed by atoms with Crippen LogP contribution in [0.4, 0.5) is 0 Å². The summed E-state index contributed by atoms with van der Waals surface area (Å²) < 4.78 is 15.9. The molecule has 2 heterocycles. The third kappa shape index (κ3) is 2.84. The van der Waals surface area contributed by atoms with Gasteiger partial charge >= 0.3 is 0 Å². The number of rotatable bonds is 4. The normalized spacial score (nSPS) is 13.2. The van der Waals surface area contributed by atoms with E-state index in [-0.39, 0.29) is 5.91 Å². The molecular formula is C17H19N3O4. The van der Waals surface area contributed by atoms with E-state index in [0.717, 1.165) is 11.3 Å². The molecule has 0 N–H and O–H groups in total. The van der Waals surface area contributed by atoms with E-state index < -0.39 is 0 Å². The number of methoxy groups -OCH3 is 3. The molecule has 1 aliphatic rings. The number of carbonyl (C=O) groups is 1. The second kappa shape index (κ2) is 6.74. The first-order chi connectivity index (χ1) is 11.7. The predicted molar refractivity (Wildman–Crippen MR) is 86.6 cm³/mol. The van der Waals surface area contributed by atoms with Crippen molar-refractivity contribution in [2.24, 2.45) is 0 Å². The molecule has 1 aliphatic heterocycles. The SMILES string of the molecule is COc1cc(C(=O)N2CCc3ncncc3C2)cc(OC)c1OC. The average molecular weight is 329 g/mol. The first-order valence-corrected chi connectivity index (χ1v) is 7.55. The van der Waals surface area contributed by atoms with E-state index in [1.165, 1.54) is 27.7 Å². The van der Waals surface area contributed by atoms with Crippen LogP contribution in [0.15, 0.2) is 24.7 Å². The van der Waals surface area contributed by atoms with Gasteiger partial charge in [-0.05, 0) is 12.1 Å². The van der Waals surface area contributed by atoms with Gasteiger partial charge in [-0.15, -0.1) is 0 Å². The Morgan fingerprint density at radius 3 is 2.46 bits per heavy atom. The van der Waals surface area contributed by atoms with Gasteiger partial charge in [-0.2, -0.15) is 0 Å². The monoisotopic (exact) mass is 329 g/mol. The molecule has 1 aromatic heterocycles. The lowest BCUT2D eigenvalue weighted by molar-refractivity contribution is 0.0732. The summed E-state index contributed by atoms with van der Waals surface area (Å²) in [5.74, 6) is 1.29. The lowest BCUT2D eigenvalue weighted by Gasteiger charge is -2.28. The summed E-state index contributed by atoms with van der Waals surface area (Å²) in [5, 5.41) is 0. The molecule has 0 fully saturated rings. The topological polar surface area (TPSA) is 73.8 Å². The summed E-state index contributed by atoms with van der Waals surface area (Å²) in [5.41, 5.74) is 2.47. The average Bonchev–Trinajstić information content (AvgIpc) is 2.65. The van der Waals surface area contributed by atoms with Gasteiger partial charge < -0.3 is 19.1 Å². The third-order valence-electron chi connectivity index (χ3n) is 4.06. The molecule has 7 nitrogen and oxygen atoms in total. The van der Waals surface area contributed by atoms with E-state index in [9.17, 15) is 4.79 Å². The van der Waals surface area contributed by atoms with Crippen molar-refractivity contribution in [1.29, 1.82) is 0 Å². The van der Waals surface area contributed by atoms with Gasteiger partial charge in [0.2, 0.25) is 5.75 Å². The highest BCUT2D eigenvalue weighted by atomic mass is 16.5. The Balaban J connectivity index is 1.91. The zero-order valence-electron chi connectivity index (χ0n) is 13.9. The molecule has 0 bridgehead atoms. The van der Waals surface area contributed by atoms with E-state index in [1.54, 1.807) is 23.2 Å². The minimum absolute atomic E-state index is 0.0937. The number of carbonyl (C=O) groups excluding carboxylic acids is 1. The van der Waals surface area contributed by atoms with Crippen molar-refractivity contribution >= 4 is 5.91 Å². The fourth-order valence-electron chi connectivity index (χ4n) is 2.83. The van der Waals surface area contributed by atoms with Crippen molar-refractivity contribution < 1.29 is 19.0 Å². The fourth-order valence-corrected chi connectivity index (χ4v) is 2.83. The predicted octanol–water partition coefficient (Wildman–Crippen LogP) is 1.70. The van der Waals surface area contributed by atoms with Crippen LogP contribution in [-0.2, 0) is 13.0 Å². The molecule has 126 valence electrons. The Morgan fingerprint density at radius 1 is 1.12 bits per heavy atom. The van der Waals surface area contributed by atoms with Crippen LogP contribution in [0.2, 0.25) is 0 Å². The minimum atomic E-state index is -0.0937. The number of nitrogens with zero attached hydrogens (tertiary/aromatic N) is 3. The van der Waals surface area contributed by atoms with Crippen molar-refractivity contribution in [2.45, 2.75) is 13.0 Å². The van der Waals surface area contributed by atoms with Gasteiger partial charge in [0.25, 0.3) is 5.91 Å². The molecule has 0 unspecified atom stereocenters.